The molecule has 0 bridgehead atoms. The third-order valence-corrected chi connectivity index (χ3v) is 3.41. The van der Waals surface area contributed by atoms with Crippen molar-refractivity contribution in [3.63, 3.8) is 0 Å². The summed E-state index contributed by atoms with van der Waals surface area (Å²) < 4.78 is 22.1. The van der Waals surface area contributed by atoms with Gasteiger partial charge in [-0.1, -0.05) is 0 Å². The van der Waals surface area contributed by atoms with Crippen LogP contribution in [-0.2, 0) is 9.84 Å². The number of aromatic nitrogens is 1. The predicted molar refractivity (Wildman–Crippen MR) is 70.1 cm³/mol. The van der Waals surface area contributed by atoms with Crippen LogP contribution in [0.25, 0.3) is 0 Å². The van der Waals surface area contributed by atoms with E-state index in [1.807, 2.05) is 0 Å². The zero-order valence-corrected chi connectivity index (χ0v) is 11.5. The van der Waals surface area contributed by atoms with Crippen LogP contribution in [0.1, 0.15) is 16.1 Å². The normalized spacial score (nSPS) is 11.3. The van der Waals surface area contributed by atoms with E-state index in [1.165, 1.54) is 11.1 Å². The molecule has 1 amide bonds. The van der Waals surface area contributed by atoms with Gasteiger partial charge in [-0.05, 0) is 13.0 Å². The molecule has 0 aromatic carbocycles. The summed E-state index contributed by atoms with van der Waals surface area (Å²) in [5.41, 5.74) is 6.95. The lowest BCUT2D eigenvalue weighted by molar-refractivity contribution is 0.0802. The van der Waals surface area contributed by atoms with Crippen LogP contribution in [0.3, 0.4) is 0 Å². The van der Waals surface area contributed by atoms with Crippen LogP contribution >= 0.6 is 0 Å². The number of nitrogen functional groups attached to an aromatic ring is 1. The Labute approximate surface area is 107 Å². The molecule has 1 heterocycles. The van der Waals surface area contributed by atoms with Crippen molar-refractivity contribution in [3.05, 3.63) is 23.5 Å². The van der Waals surface area contributed by atoms with Gasteiger partial charge < -0.3 is 10.6 Å². The Morgan fingerprint density at radius 2 is 2.11 bits per heavy atom. The summed E-state index contributed by atoms with van der Waals surface area (Å²) >= 11 is 0. The minimum atomic E-state index is -3.09. The Bertz CT molecular complexity index is 555. The van der Waals surface area contributed by atoms with Gasteiger partial charge in [0.1, 0.15) is 9.84 Å². The van der Waals surface area contributed by atoms with Crippen LogP contribution in [0.5, 0.6) is 0 Å². The molecule has 1 aromatic rings. The first-order valence-corrected chi connectivity index (χ1v) is 7.42. The highest BCUT2D eigenvalue weighted by molar-refractivity contribution is 7.90. The molecule has 0 aliphatic carbocycles. The van der Waals surface area contributed by atoms with Crippen molar-refractivity contribution >= 4 is 21.4 Å². The molecule has 18 heavy (non-hydrogen) atoms. The van der Waals surface area contributed by atoms with Gasteiger partial charge in [-0.25, -0.2) is 8.42 Å². The van der Waals surface area contributed by atoms with Crippen molar-refractivity contribution in [1.29, 1.82) is 0 Å². The second-order valence-corrected chi connectivity index (χ2v) is 6.52. The van der Waals surface area contributed by atoms with E-state index >= 15 is 0 Å². The topological polar surface area (TPSA) is 93.4 Å². The summed E-state index contributed by atoms with van der Waals surface area (Å²) in [4.78, 5) is 17.4. The zero-order valence-electron chi connectivity index (χ0n) is 10.7. The highest BCUT2D eigenvalue weighted by Crippen LogP contribution is 2.11. The number of hydrogen-bond acceptors (Lipinski definition) is 5. The molecule has 1 rings (SSSR count). The predicted octanol–water partition coefficient (Wildman–Crippen LogP) is 0.0888. The Hall–Kier alpha value is -1.63. The fourth-order valence-corrected chi connectivity index (χ4v) is 1.98. The molecule has 0 aliphatic rings. The first-order chi connectivity index (χ1) is 8.20. The van der Waals surface area contributed by atoms with Crippen molar-refractivity contribution in [2.75, 3.05) is 31.3 Å². The number of pyridine rings is 1. The van der Waals surface area contributed by atoms with Crippen LogP contribution in [-0.4, -0.2) is 49.8 Å². The summed E-state index contributed by atoms with van der Waals surface area (Å²) in [6.07, 6.45) is 2.61. The number of hydrogen-bond donors (Lipinski definition) is 1. The number of nitrogens with zero attached hydrogens (tertiary/aromatic N) is 2. The molecular weight excluding hydrogens is 254 g/mol. The molecule has 0 unspecified atom stereocenters. The van der Waals surface area contributed by atoms with Gasteiger partial charge in [-0.2, -0.15) is 0 Å². The highest BCUT2D eigenvalue weighted by Gasteiger charge is 2.16. The molecule has 0 radical (unpaired) electrons. The average Bonchev–Trinajstić information content (AvgIpc) is 2.27. The number of carbonyl (C=O) groups excluding carboxylic acids is 1. The maximum absolute atomic E-state index is 12.1. The zero-order chi connectivity index (χ0) is 13.9. The molecule has 0 aliphatic heterocycles. The molecule has 2 N–H and O–H groups in total. The Morgan fingerprint density at radius 1 is 1.50 bits per heavy atom. The number of anilines is 1. The summed E-state index contributed by atoms with van der Waals surface area (Å²) in [6, 6.07) is 1.54. The fraction of sp³-hybridized carbons (Fsp3) is 0.455. The maximum atomic E-state index is 12.1. The Kier molecular flexibility index (Phi) is 4.28. The van der Waals surface area contributed by atoms with Crippen molar-refractivity contribution in [2.45, 2.75) is 6.92 Å². The number of aryl methyl sites for hydroxylation is 1. The van der Waals surface area contributed by atoms with E-state index in [0.717, 1.165) is 6.26 Å². The summed E-state index contributed by atoms with van der Waals surface area (Å²) in [6.45, 7) is 1.85. The molecule has 6 nitrogen and oxygen atoms in total. The van der Waals surface area contributed by atoms with Gasteiger partial charge in [0.15, 0.2) is 0 Å². The molecule has 100 valence electrons. The van der Waals surface area contributed by atoms with Crippen LogP contribution < -0.4 is 5.73 Å². The van der Waals surface area contributed by atoms with E-state index in [4.69, 9.17) is 5.73 Å². The van der Waals surface area contributed by atoms with Gasteiger partial charge in [0, 0.05) is 19.8 Å². The lowest BCUT2D eigenvalue weighted by Gasteiger charge is -2.17. The highest BCUT2D eigenvalue weighted by atomic mass is 32.2. The number of sulfone groups is 1. The summed E-state index contributed by atoms with van der Waals surface area (Å²) in [5, 5.41) is 0. The first-order valence-electron chi connectivity index (χ1n) is 5.36. The first kappa shape index (κ1) is 14.4. The smallest absolute Gasteiger partial charge is 0.255 e. The van der Waals surface area contributed by atoms with Crippen molar-refractivity contribution in [1.82, 2.24) is 9.88 Å². The standard InChI is InChI=1S/C11H17N3O3S/c1-8-10(6-9(12)7-13-8)11(15)14(2)4-5-18(3,16)17/h6-7H,4-5,12H2,1-3H3. The molecule has 0 atom stereocenters. The van der Waals surface area contributed by atoms with Crippen LogP contribution in [0, 0.1) is 6.92 Å². The minimum Gasteiger partial charge on any atom is -0.397 e. The van der Waals surface area contributed by atoms with Gasteiger partial charge in [0.25, 0.3) is 5.91 Å². The fourth-order valence-electron chi connectivity index (χ4n) is 1.38. The van der Waals surface area contributed by atoms with Gasteiger partial charge >= 0.3 is 0 Å². The number of rotatable bonds is 4. The van der Waals surface area contributed by atoms with E-state index in [-0.39, 0.29) is 18.2 Å². The second-order valence-electron chi connectivity index (χ2n) is 4.26. The van der Waals surface area contributed by atoms with Gasteiger partial charge in [0.2, 0.25) is 0 Å². The van der Waals surface area contributed by atoms with E-state index < -0.39 is 9.84 Å². The SMILES string of the molecule is Cc1ncc(N)cc1C(=O)N(C)CCS(C)(=O)=O. The second kappa shape index (κ2) is 5.34. The van der Waals surface area contributed by atoms with Crippen LogP contribution in [0.15, 0.2) is 12.3 Å². The van der Waals surface area contributed by atoms with E-state index in [9.17, 15) is 13.2 Å². The molecule has 0 spiro atoms. The number of carbonyl (C=O) groups is 1. The molecular formula is C11H17N3O3S. The monoisotopic (exact) mass is 271 g/mol. The lowest BCUT2D eigenvalue weighted by Crippen LogP contribution is -2.32. The van der Waals surface area contributed by atoms with Gasteiger partial charge in [0.05, 0.1) is 28.9 Å². The van der Waals surface area contributed by atoms with Crippen LogP contribution in [0.2, 0.25) is 0 Å². The number of nitrogens with two attached hydrogens (primary N) is 1. The van der Waals surface area contributed by atoms with Gasteiger partial charge in [-0.15, -0.1) is 0 Å². The summed E-state index contributed by atoms with van der Waals surface area (Å²) in [5.74, 6) is -0.347. The van der Waals surface area contributed by atoms with E-state index in [0.29, 0.717) is 16.9 Å². The Balaban J connectivity index is 2.83. The molecule has 1 aromatic heterocycles. The quantitative estimate of drug-likeness (QED) is 0.837. The summed E-state index contributed by atoms with van der Waals surface area (Å²) in [7, 11) is -1.54. The van der Waals surface area contributed by atoms with Crippen molar-refractivity contribution in [2.24, 2.45) is 0 Å². The average molecular weight is 271 g/mol. The molecule has 0 saturated carbocycles. The third-order valence-electron chi connectivity index (χ3n) is 2.48. The molecule has 0 saturated heterocycles. The minimum absolute atomic E-state index is 0.0654. The Morgan fingerprint density at radius 3 is 2.67 bits per heavy atom. The van der Waals surface area contributed by atoms with Crippen molar-refractivity contribution in [3.8, 4) is 0 Å². The molecule has 7 heteroatoms. The molecule has 0 fully saturated rings. The lowest BCUT2D eigenvalue weighted by atomic mass is 10.1. The van der Waals surface area contributed by atoms with E-state index in [2.05, 4.69) is 4.98 Å². The largest absolute Gasteiger partial charge is 0.397 e. The van der Waals surface area contributed by atoms with Crippen molar-refractivity contribution < 1.29 is 13.2 Å². The maximum Gasteiger partial charge on any atom is 0.255 e. The van der Waals surface area contributed by atoms with E-state index in [1.54, 1.807) is 20.0 Å². The third kappa shape index (κ3) is 3.99. The van der Waals surface area contributed by atoms with Crippen LogP contribution in [0.4, 0.5) is 5.69 Å². The van der Waals surface area contributed by atoms with Gasteiger partial charge in [-0.3, -0.25) is 9.78 Å². The number of amides is 1.